The van der Waals surface area contributed by atoms with Gasteiger partial charge in [0.15, 0.2) is 0 Å². The molecular formula is C23H21ClN4O3. The SMILES string of the molecule is CCC(=NCCc1c[nH]c2ccccc12)c1c(O)n(-c2ccc(Cl)cc2)c(=O)[nH]c1=O. The fourth-order valence-corrected chi connectivity index (χ4v) is 3.76. The van der Waals surface area contributed by atoms with Crippen LogP contribution in [0.2, 0.25) is 5.02 Å². The summed E-state index contributed by atoms with van der Waals surface area (Å²) in [6.07, 6.45) is 3.04. The molecule has 158 valence electrons. The molecule has 0 saturated heterocycles. The summed E-state index contributed by atoms with van der Waals surface area (Å²) in [7, 11) is 0. The summed E-state index contributed by atoms with van der Waals surface area (Å²) in [5.41, 5.74) is 1.60. The van der Waals surface area contributed by atoms with Crippen LogP contribution in [0.25, 0.3) is 16.6 Å². The lowest BCUT2D eigenvalue weighted by molar-refractivity contribution is 0.429. The molecule has 8 heteroatoms. The molecule has 2 aromatic carbocycles. The van der Waals surface area contributed by atoms with E-state index in [1.165, 1.54) is 0 Å². The number of aliphatic imine (C=N–C) groups is 1. The quantitative estimate of drug-likeness (QED) is 0.400. The van der Waals surface area contributed by atoms with Gasteiger partial charge in [-0.1, -0.05) is 36.7 Å². The Bertz CT molecular complexity index is 1380. The van der Waals surface area contributed by atoms with Crippen molar-refractivity contribution < 1.29 is 5.11 Å². The summed E-state index contributed by atoms with van der Waals surface area (Å²) in [4.78, 5) is 35.0. The first kappa shape index (κ1) is 20.7. The third-order valence-corrected chi connectivity index (χ3v) is 5.41. The Morgan fingerprint density at radius 2 is 1.87 bits per heavy atom. The highest BCUT2D eigenvalue weighted by molar-refractivity contribution is 6.30. The first-order chi connectivity index (χ1) is 15.0. The fourth-order valence-electron chi connectivity index (χ4n) is 3.63. The van der Waals surface area contributed by atoms with Gasteiger partial charge in [-0.15, -0.1) is 0 Å². The minimum absolute atomic E-state index is 0.00373. The van der Waals surface area contributed by atoms with Crippen LogP contribution in [0.5, 0.6) is 5.88 Å². The van der Waals surface area contributed by atoms with Gasteiger partial charge >= 0.3 is 5.69 Å². The highest BCUT2D eigenvalue weighted by atomic mass is 35.5. The van der Waals surface area contributed by atoms with Gasteiger partial charge in [-0.05, 0) is 48.7 Å². The molecule has 4 aromatic rings. The van der Waals surface area contributed by atoms with E-state index in [4.69, 9.17) is 11.6 Å². The molecule has 0 bridgehead atoms. The molecule has 0 atom stereocenters. The highest BCUT2D eigenvalue weighted by Crippen LogP contribution is 2.21. The number of nitrogens with zero attached hydrogens (tertiary/aromatic N) is 2. The van der Waals surface area contributed by atoms with E-state index in [0.29, 0.717) is 35.8 Å². The zero-order valence-corrected chi connectivity index (χ0v) is 17.6. The van der Waals surface area contributed by atoms with Gasteiger partial charge in [0.25, 0.3) is 5.56 Å². The van der Waals surface area contributed by atoms with Gasteiger partial charge in [-0.25, -0.2) is 9.36 Å². The predicted octanol–water partition coefficient (Wildman–Crippen LogP) is 3.81. The zero-order valence-electron chi connectivity index (χ0n) is 16.9. The van der Waals surface area contributed by atoms with Gasteiger partial charge in [0.05, 0.1) is 11.4 Å². The molecule has 4 rings (SSSR count). The molecule has 2 heterocycles. The summed E-state index contributed by atoms with van der Waals surface area (Å²) in [5, 5.41) is 12.5. The molecular weight excluding hydrogens is 416 g/mol. The van der Waals surface area contributed by atoms with E-state index in [1.807, 2.05) is 37.4 Å². The Hall–Kier alpha value is -3.58. The van der Waals surface area contributed by atoms with E-state index in [-0.39, 0.29) is 5.56 Å². The first-order valence-corrected chi connectivity index (χ1v) is 10.3. The molecule has 7 nitrogen and oxygen atoms in total. The van der Waals surface area contributed by atoms with E-state index in [1.54, 1.807) is 24.3 Å². The van der Waals surface area contributed by atoms with Crippen LogP contribution in [-0.2, 0) is 6.42 Å². The molecule has 0 radical (unpaired) electrons. The summed E-state index contributed by atoms with van der Waals surface area (Å²) >= 11 is 5.91. The van der Waals surface area contributed by atoms with Crippen LogP contribution in [0.3, 0.4) is 0 Å². The second kappa shape index (κ2) is 8.65. The zero-order chi connectivity index (χ0) is 22.0. The molecule has 0 amide bonds. The summed E-state index contributed by atoms with van der Waals surface area (Å²) < 4.78 is 1.04. The van der Waals surface area contributed by atoms with Gasteiger partial charge in [0, 0.05) is 28.7 Å². The van der Waals surface area contributed by atoms with Crippen LogP contribution < -0.4 is 11.2 Å². The Morgan fingerprint density at radius 3 is 2.61 bits per heavy atom. The average Bonchev–Trinajstić information content (AvgIpc) is 3.17. The van der Waals surface area contributed by atoms with Crippen LogP contribution in [0.1, 0.15) is 24.5 Å². The maximum absolute atomic E-state index is 12.5. The van der Waals surface area contributed by atoms with Crippen molar-refractivity contribution >= 4 is 28.2 Å². The fraction of sp³-hybridized carbons (Fsp3) is 0.174. The van der Waals surface area contributed by atoms with Gasteiger partial charge in [-0.2, -0.15) is 0 Å². The molecule has 0 aliphatic heterocycles. The number of fused-ring (bicyclic) bond motifs is 1. The Kier molecular flexibility index (Phi) is 5.77. The number of aromatic hydroxyl groups is 1. The molecule has 0 unspecified atom stereocenters. The maximum atomic E-state index is 12.5. The topological polar surface area (TPSA) is 103 Å². The standard InChI is InChI=1S/C23H21ClN4O3/c1-2-18(25-12-11-14-13-26-19-6-4-3-5-17(14)19)20-21(29)27-23(31)28(22(20)30)16-9-7-15(24)8-10-16/h3-10,13,26,30H,2,11-12H2,1H3,(H,27,29,31). The first-order valence-electron chi connectivity index (χ1n) is 9.92. The van der Waals surface area contributed by atoms with E-state index in [0.717, 1.165) is 21.0 Å². The average molecular weight is 437 g/mol. The van der Waals surface area contributed by atoms with Crippen molar-refractivity contribution in [2.45, 2.75) is 19.8 Å². The van der Waals surface area contributed by atoms with E-state index < -0.39 is 17.1 Å². The Labute approximate surface area is 182 Å². The minimum Gasteiger partial charge on any atom is -0.493 e. The van der Waals surface area contributed by atoms with E-state index in [2.05, 4.69) is 15.0 Å². The Balaban J connectivity index is 1.69. The van der Waals surface area contributed by atoms with Crippen molar-refractivity contribution in [1.29, 1.82) is 0 Å². The number of hydrogen-bond acceptors (Lipinski definition) is 4. The van der Waals surface area contributed by atoms with Gasteiger partial charge in [-0.3, -0.25) is 14.8 Å². The van der Waals surface area contributed by atoms with Gasteiger partial charge in [0.1, 0.15) is 5.56 Å². The number of hydrogen-bond donors (Lipinski definition) is 3. The van der Waals surface area contributed by atoms with Crippen molar-refractivity contribution in [2.75, 3.05) is 6.54 Å². The van der Waals surface area contributed by atoms with E-state index in [9.17, 15) is 14.7 Å². The lowest BCUT2D eigenvalue weighted by Gasteiger charge is -2.12. The molecule has 0 saturated carbocycles. The van der Waals surface area contributed by atoms with Crippen molar-refractivity contribution in [1.82, 2.24) is 14.5 Å². The second-order valence-electron chi connectivity index (χ2n) is 7.06. The number of H-pyrrole nitrogens is 2. The molecule has 0 aliphatic carbocycles. The molecule has 0 fully saturated rings. The lowest BCUT2D eigenvalue weighted by Crippen LogP contribution is -2.33. The van der Waals surface area contributed by atoms with Crippen molar-refractivity contribution in [3.8, 4) is 11.6 Å². The third kappa shape index (κ3) is 4.04. The number of benzene rings is 2. The van der Waals surface area contributed by atoms with Crippen molar-refractivity contribution in [3.63, 3.8) is 0 Å². The number of nitrogens with one attached hydrogen (secondary N) is 2. The smallest absolute Gasteiger partial charge is 0.335 e. The van der Waals surface area contributed by atoms with E-state index >= 15 is 0 Å². The predicted molar refractivity (Wildman–Crippen MR) is 123 cm³/mol. The normalized spacial score (nSPS) is 11.9. The van der Waals surface area contributed by atoms with Gasteiger partial charge < -0.3 is 10.1 Å². The number of rotatable bonds is 6. The molecule has 0 spiro atoms. The third-order valence-electron chi connectivity index (χ3n) is 5.15. The molecule has 3 N–H and O–H groups in total. The van der Waals surface area contributed by atoms with Crippen molar-refractivity contribution in [2.24, 2.45) is 4.99 Å². The second-order valence-corrected chi connectivity index (χ2v) is 7.50. The Morgan fingerprint density at radius 1 is 1.13 bits per heavy atom. The summed E-state index contributed by atoms with van der Waals surface area (Å²) in [6.45, 7) is 2.28. The number of aromatic nitrogens is 3. The van der Waals surface area contributed by atoms with Crippen LogP contribution in [-0.4, -0.2) is 31.9 Å². The number of halogens is 1. The molecule has 0 aliphatic rings. The van der Waals surface area contributed by atoms with Crippen LogP contribution in [0.15, 0.2) is 69.3 Å². The van der Waals surface area contributed by atoms with Crippen LogP contribution in [0.4, 0.5) is 0 Å². The van der Waals surface area contributed by atoms with Crippen molar-refractivity contribution in [3.05, 3.63) is 91.7 Å². The minimum atomic E-state index is -0.734. The monoisotopic (exact) mass is 436 g/mol. The molecule has 2 aromatic heterocycles. The largest absolute Gasteiger partial charge is 0.493 e. The maximum Gasteiger partial charge on any atom is 0.335 e. The highest BCUT2D eigenvalue weighted by Gasteiger charge is 2.19. The molecule has 31 heavy (non-hydrogen) atoms. The van der Waals surface area contributed by atoms with Crippen LogP contribution in [0, 0.1) is 0 Å². The van der Waals surface area contributed by atoms with Crippen LogP contribution >= 0.6 is 11.6 Å². The number of para-hydroxylation sites is 1. The summed E-state index contributed by atoms with van der Waals surface area (Å²) in [5.74, 6) is -0.441. The summed E-state index contributed by atoms with van der Waals surface area (Å²) in [6, 6.07) is 14.4. The lowest BCUT2D eigenvalue weighted by atomic mass is 10.1. The number of aromatic amines is 2. The van der Waals surface area contributed by atoms with Gasteiger partial charge in [0.2, 0.25) is 5.88 Å².